The monoisotopic (exact) mass is 277 g/mol. The quantitative estimate of drug-likeness (QED) is 0.787. The molecule has 0 fully saturated rings. The third-order valence-corrected chi connectivity index (χ3v) is 4.67. The molecule has 0 aromatic carbocycles. The van der Waals surface area contributed by atoms with E-state index in [0.29, 0.717) is 6.04 Å². The van der Waals surface area contributed by atoms with Gasteiger partial charge in [-0.15, -0.1) is 0 Å². The average Bonchev–Trinajstić information content (AvgIpc) is 2.47. The number of aryl methyl sites for hydroxylation is 1. The van der Waals surface area contributed by atoms with Crippen LogP contribution in [0.3, 0.4) is 0 Å². The van der Waals surface area contributed by atoms with Gasteiger partial charge >= 0.3 is 0 Å². The van der Waals surface area contributed by atoms with Crippen molar-refractivity contribution in [2.45, 2.75) is 59.0 Å². The van der Waals surface area contributed by atoms with Crippen LogP contribution in [0.2, 0.25) is 0 Å². The van der Waals surface area contributed by atoms with E-state index in [1.54, 1.807) is 0 Å². The topological polar surface area (TPSA) is 28.2 Å². The zero-order chi connectivity index (χ0) is 15.2. The minimum absolute atomic E-state index is 0.147. The van der Waals surface area contributed by atoms with Crippen molar-refractivity contribution in [3.63, 3.8) is 0 Å². The summed E-state index contributed by atoms with van der Waals surface area (Å²) in [5, 5.41) is 3.56. The van der Waals surface area contributed by atoms with Gasteiger partial charge in [0.15, 0.2) is 0 Å². The number of rotatable bonds is 8. The molecular formula is C17H31N3. The highest BCUT2D eigenvalue weighted by molar-refractivity contribution is 5.24. The second-order valence-electron chi connectivity index (χ2n) is 5.50. The van der Waals surface area contributed by atoms with Gasteiger partial charge in [-0.3, -0.25) is 9.88 Å². The second kappa shape index (κ2) is 7.75. The molecule has 0 aliphatic heterocycles. The molecule has 1 aromatic rings. The van der Waals surface area contributed by atoms with E-state index in [2.05, 4.69) is 62.9 Å². The van der Waals surface area contributed by atoms with Crippen LogP contribution in [0.1, 0.15) is 57.7 Å². The van der Waals surface area contributed by atoms with Gasteiger partial charge in [0.1, 0.15) is 0 Å². The van der Waals surface area contributed by atoms with Crippen molar-refractivity contribution in [1.82, 2.24) is 15.2 Å². The van der Waals surface area contributed by atoms with E-state index in [-0.39, 0.29) is 5.54 Å². The van der Waals surface area contributed by atoms with Crippen molar-refractivity contribution >= 4 is 0 Å². The Labute approximate surface area is 124 Å². The maximum atomic E-state index is 4.39. The Hall–Kier alpha value is -0.930. The van der Waals surface area contributed by atoms with Crippen molar-refractivity contribution in [1.29, 1.82) is 0 Å². The molecule has 1 N–H and O–H groups in total. The number of aromatic nitrogens is 1. The molecule has 0 amide bonds. The maximum absolute atomic E-state index is 4.39. The Morgan fingerprint density at radius 1 is 1.15 bits per heavy atom. The zero-order valence-corrected chi connectivity index (χ0v) is 14.0. The first-order valence-corrected chi connectivity index (χ1v) is 7.93. The minimum Gasteiger partial charge on any atom is -0.311 e. The average molecular weight is 277 g/mol. The summed E-state index contributed by atoms with van der Waals surface area (Å²) in [6.45, 7) is 13.4. The fraction of sp³-hybridized carbons (Fsp3) is 0.706. The van der Waals surface area contributed by atoms with Gasteiger partial charge in [0, 0.05) is 17.9 Å². The van der Waals surface area contributed by atoms with E-state index in [1.165, 1.54) is 11.1 Å². The first-order valence-electron chi connectivity index (χ1n) is 7.93. The van der Waals surface area contributed by atoms with Gasteiger partial charge in [-0.05, 0) is 51.0 Å². The molecule has 1 rings (SSSR count). The Bertz CT molecular complexity index is 395. The standard InChI is InChI=1S/C17H31N3/c1-7-17(8-2,20(9-3)10-4)16(18-6)15-11-14(5)12-19-13-15/h11-13,16,18H,7-10H2,1-6H3. The summed E-state index contributed by atoms with van der Waals surface area (Å²) in [7, 11) is 2.07. The molecule has 0 aliphatic rings. The summed E-state index contributed by atoms with van der Waals surface area (Å²) in [6.07, 6.45) is 6.19. The van der Waals surface area contributed by atoms with E-state index in [0.717, 1.165) is 25.9 Å². The molecule has 0 spiro atoms. The summed E-state index contributed by atoms with van der Waals surface area (Å²) in [5.74, 6) is 0. The summed E-state index contributed by atoms with van der Waals surface area (Å²) in [6, 6.07) is 2.57. The van der Waals surface area contributed by atoms with Crippen molar-refractivity contribution in [3.8, 4) is 0 Å². The predicted molar refractivity (Wildman–Crippen MR) is 87.0 cm³/mol. The van der Waals surface area contributed by atoms with Crippen molar-refractivity contribution < 1.29 is 0 Å². The van der Waals surface area contributed by atoms with Crippen LogP contribution in [0.25, 0.3) is 0 Å². The van der Waals surface area contributed by atoms with E-state index in [4.69, 9.17) is 0 Å². The van der Waals surface area contributed by atoms with Gasteiger partial charge in [0.05, 0.1) is 6.04 Å². The number of hydrogen-bond acceptors (Lipinski definition) is 3. The predicted octanol–water partition coefficient (Wildman–Crippen LogP) is 3.55. The third kappa shape index (κ3) is 3.21. The van der Waals surface area contributed by atoms with Crippen molar-refractivity contribution in [2.24, 2.45) is 0 Å². The molecule has 1 aromatic heterocycles. The van der Waals surface area contributed by atoms with E-state index in [9.17, 15) is 0 Å². The van der Waals surface area contributed by atoms with Crippen LogP contribution < -0.4 is 5.32 Å². The Balaban J connectivity index is 3.28. The van der Waals surface area contributed by atoms with Crippen molar-refractivity contribution in [3.05, 3.63) is 29.6 Å². The molecule has 1 atom stereocenters. The molecule has 0 saturated carbocycles. The number of nitrogens with one attached hydrogen (secondary N) is 1. The first-order chi connectivity index (χ1) is 9.59. The minimum atomic E-state index is 0.147. The molecule has 1 unspecified atom stereocenters. The summed E-state index contributed by atoms with van der Waals surface area (Å²) >= 11 is 0. The van der Waals surface area contributed by atoms with Gasteiger partial charge in [0.25, 0.3) is 0 Å². The smallest absolute Gasteiger partial charge is 0.0519 e. The summed E-state index contributed by atoms with van der Waals surface area (Å²) < 4.78 is 0. The highest BCUT2D eigenvalue weighted by atomic mass is 15.2. The number of nitrogens with zero attached hydrogens (tertiary/aromatic N) is 2. The molecule has 0 aliphatic carbocycles. The Morgan fingerprint density at radius 2 is 1.75 bits per heavy atom. The molecule has 1 heterocycles. The van der Waals surface area contributed by atoms with Crippen LogP contribution >= 0.6 is 0 Å². The maximum Gasteiger partial charge on any atom is 0.0519 e. The molecular weight excluding hydrogens is 246 g/mol. The Kier molecular flexibility index (Phi) is 6.63. The number of pyridine rings is 1. The van der Waals surface area contributed by atoms with Crippen LogP contribution in [-0.2, 0) is 0 Å². The van der Waals surface area contributed by atoms with E-state index >= 15 is 0 Å². The molecule has 0 radical (unpaired) electrons. The molecule has 20 heavy (non-hydrogen) atoms. The van der Waals surface area contributed by atoms with Gasteiger partial charge in [-0.2, -0.15) is 0 Å². The van der Waals surface area contributed by atoms with Crippen LogP contribution in [0.15, 0.2) is 18.5 Å². The van der Waals surface area contributed by atoms with Gasteiger partial charge in [0.2, 0.25) is 0 Å². The third-order valence-electron chi connectivity index (χ3n) is 4.67. The fourth-order valence-corrected chi connectivity index (χ4v) is 3.62. The van der Waals surface area contributed by atoms with Crippen molar-refractivity contribution in [2.75, 3.05) is 20.1 Å². The molecule has 0 saturated heterocycles. The van der Waals surface area contributed by atoms with Crippen LogP contribution in [0, 0.1) is 6.92 Å². The Morgan fingerprint density at radius 3 is 2.15 bits per heavy atom. The van der Waals surface area contributed by atoms with Gasteiger partial charge in [-0.25, -0.2) is 0 Å². The molecule has 3 nitrogen and oxygen atoms in total. The zero-order valence-electron chi connectivity index (χ0n) is 14.0. The van der Waals surface area contributed by atoms with Crippen LogP contribution in [0.4, 0.5) is 0 Å². The van der Waals surface area contributed by atoms with Gasteiger partial charge < -0.3 is 5.32 Å². The summed E-state index contributed by atoms with van der Waals surface area (Å²) in [4.78, 5) is 6.98. The highest BCUT2D eigenvalue weighted by Gasteiger charge is 2.40. The lowest BCUT2D eigenvalue weighted by Crippen LogP contribution is -2.55. The highest BCUT2D eigenvalue weighted by Crippen LogP contribution is 2.37. The normalized spacial score (nSPS) is 13.8. The van der Waals surface area contributed by atoms with E-state index in [1.807, 2.05) is 12.4 Å². The summed E-state index contributed by atoms with van der Waals surface area (Å²) in [5.41, 5.74) is 2.67. The molecule has 3 heteroatoms. The number of hydrogen-bond donors (Lipinski definition) is 1. The van der Waals surface area contributed by atoms with Crippen LogP contribution in [0.5, 0.6) is 0 Å². The fourth-order valence-electron chi connectivity index (χ4n) is 3.62. The van der Waals surface area contributed by atoms with Gasteiger partial charge in [-0.1, -0.05) is 33.8 Å². The van der Waals surface area contributed by atoms with E-state index < -0.39 is 0 Å². The first kappa shape index (κ1) is 17.1. The van der Waals surface area contributed by atoms with Crippen LogP contribution in [-0.4, -0.2) is 35.6 Å². The largest absolute Gasteiger partial charge is 0.311 e. The lowest BCUT2D eigenvalue weighted by molar-refractivity contribution is 0.0513. The SMILES string of the molecule is CCN(CC)C(CC)(CC)C(NC)c1cncc(C)c1. The number of likely N-dealkylation sites (N-methyl/N-ethyl adjacent to an activating group) is 2. The lowest BCUT2D eigenvalue weighted by atomic mass is 9.79. The second-order valence-corrected chi connectivity index (χ2v) is 5.50. The molecule has 0 bridgehead atoms. The molecule has 114 valence electrons. The lowest BCUT2D eigenvalue weighted by Gasteiger charge is -2.48.